The van der Waals surface area contributed by atoms with Crippen LogP contribution in [0.25, 0.3) is 0 Å². The summed E-state index contributed by atoms with van der Waals surface area (Å²) in [5.74, 6) is -0.601. The van der Waals surface area contributed by atoms with Crippen molar-refractivity contribution in [2.45, 2.75) is 18.4 Å². The van der Waals surface area contributed by atoms with Gasteiger partial charge in [0.05, 0.1) is 11.1 Å². The van der Waals surface area contributed by atoms with Gasteiger partial charge in [0, 0.05) is 23.4 Å². The lowest BCUT2D eigenvalue weighted by atomic mass is 10.2. The standard InChI is InChI=1S/C12H14N4O3S/c1-8-10(6-14-16-8)7-15-20(18,19)11-4-2-9(3-5-11)12(13)17/h2-6,15H,7H2,1H3,(H2,13,17)(H,14,16). The number of primary amides is 1. The molecule has 0 aliphatic heterocycles. The van der Waals surface area contributed by atoms with Crippen LogP contribution in [0.1, 0.15) is 21.6 Å². The lowest BCUT2D eigenvalue weighted by Gasteiger charge is -2.06. The third-order valence-electron chi connectivity index (χ3n) is 2.84. The molecule has 0 atom stereocenters. The Morgan fingerprint density at radius 2 is 2.00 bits per heavy atom. The highest BCUT2D eigenvalue weighted by Crippen LogP contribution is 2.11. The monoisotopic (exact) mass is 294 g/mol. The van der Waals surface area contributed by atoms with Crippen molar-refractivity contribution in [3.05, 3.63) is 47.3 Å². The average Bonchev–Trinajstić information content (AvgIpc) is 2.82. The minimum Gasteiger partial charge on any atom is -0.366 e. The fourth-order valence-corrected chi connectivity index (χ4v) is 2.61. The smallest absolute Gasteiger partial charge is 0.248 e. The molecule has 0 bridgehead atoms. The van der Waals surface area contributed by atoms with Crippen LogP contribution in [0, 0.1) is 6.92 Å². The van der Waals surface area contributed by atoms with Crippen molar-refractivity contribution in [3.8, 4) is 0 Å². The highest BCUT2D eigenvalue weighted by molar-refractivity contribution is 7.89. The number of nitrogens with zero attached hydrogens (tertiary/aromatic N) is 1. The first kappa shape index (κ1) is 14.2. The minimum atomic E-state index is -3.64. The fourth-order valence-electron chi connectivity index (χ4n) is 1.61. The Hall–Kier alpha value is -2.19. The van der Waals surface area contributed by atoms with Gasteiger partial charge >= 0.3 is 0 Å². The molecule has 0 fully saturated rings. The number of hydrogen-bond donors (Lipinski definition) is 3. The van der Waals surface area contributed by atoms with Crippen LogP contribution >= 0.6 is 0 Å². The number of amides is 1. The van der Waals surface area contributed by atoms with Crippen LogP contribution in [-0.2, 0) is 16.6 Å². The van der Waals surface area contributed by atoms with Crippen molar-refractivity contribution >= 4 is 15.9 Å². The normalized spacial score (nSPS) is 11.4. The van der Waals surface area contributed by atoms with Gasteiger partial charge in [-0.3, -0.25) is 9.89 Å². The van der Waals surface area contributed by atoms with Gasteiger partial charge in [-0.1, -0.05) is 0 Å². The number of carbonyl (C=O) groups is 1. The molecule has 7 nitrogen and oxygen atoms in total. The van der Waals surface area contributed by atoms with Gasteiger partial charge in [-0.2, -0.15) is 5.10 Å². The molecule has 1 aromatic heterocycles. The molecule has 0 aliphatic carbocycles. The summed E-state index contributed by atoms with van der Waals surface area (Å²) in [4.78, 5) is 11.0. The van der Waals surface area contributed by atoms with Crippen LogP contribution in [0.3, 0.4) is 0 Å². The zero-order valence-electron chi connectivity index (χ0n) is 10.8. The van der Waals surface area contributed by atoms with Crippen LogP contribution in [0.15, 0.2) is 35.4 Å². The second kappa shape index (κ2) is 5.43. The predicted molar refractivity (Wildman–Crippen MR) is 72.3 cm³/mol. The number of aryl methyl sites for hydroxylation is 1. The van der Waals surface area contributed by atoms with E-state index in [1.54, 1.807) is 13.1 Å². The van der Waals surface area contributed by atoms with Crippen molar-refractivity contribution in [2.75, 3.05) is 0 Å². The van der Waals surface area contributed by atoms with E-state index in [1.165, 1.54) is 24.3 Å². The molecule has 20 heavy (non-hydrogen) atoms. The number of rotatable bonds is 5. The molecule has 0 unspecified atom stereocenters. The van der Waals surface area contributed by atoms with Crippen LogP contribution in [-0.4, -0.2) is 24.5 Å². The van der Waals surface area contributed by atoms with Gasteiger partial charge < -0.3 is 5.73 Å². The lowest BCUT2D eigenvalue weighted by molar-refractivity contribution is 0.1000. The Labute approximate surface area is 116 Å². The number of H-pyrrole nitrogens is 1. The molecular weight excluding hydrogens is 280 g/mol. The molecule has 0 radical (unpaired) electrons. The van der Waals surface area contributed by atoms with Gasteiger partial charge in [0.2, 0.25) is 15.9 Å². The van der Waals surface area contributed by atoms with E-state index in [9.17, 15) is 13.2 Å². The van der Waals surface area contributed by atoms with Gasteiger partial charge in [0.25, 0.3) is 0 Å². The Morgan fingerprint density at radius 1 is 1.35 bits per heavy atom. The van der Waals surface area contributed by atoms with Crippen molar-refractivity contribution < 1.29 is 13.2 Å². The average molecular weight is 294 g/mol. The van der Waals surface area contributed by atoms with Gasteiger partial charge in [-0.15, -0.1) is 0 Å². The summed E-state index contributed by atoms with van der Waals surface area (Å²) in [5.41, 5.74) is 6.93. The van der Waals surface area contributed by atoms with Crippen molar-refractivity contribution in [3.63, 3.8) is 0 Å². The van der Waals surface area contributed by atoms with Crippen LogP contribution in [0.4, 0.5) is 0 Å². The van der Waals surface area contributed by atoms with Gasteiger partial charge in [0.1, 0.15) is 0 Å². The number of carbonyl (C=O) groups excluding carboxylic acids is 1. The quantitative estimate of drug-likeness (QED) is 0.734. The van der Waals surface area contributed by atoms with E-state index < -0.39 is 15.9 Å². The molecular formula is C12H14N4O3S. The molecule has 0 aliphatic rings. The number of sulfonamides is 1. The summed E-state index contributed by atoms with van der Waals surface area (Å²) in [6.45, 7) is 1.94. The Balaban J connectivity index is 2.14. The Morgan fingerprint density at radius 3 is 2.50 bits per heavy atom. The van der Waals surface area contributed by atoms with Crippen molar-refractivity contribution in [2.24, 2.45) is 5.73 Å². The van der Waals surface area contributed by atoms with Gasteiger partial charge in [-0.25, -0.2) is 13.1 Å². The largest absolute Gasteiger partial charge is 0.366 e. The number of hydrogen-bond acceptors (Lipinski definition) is 4. The van der Waals surface area contributed by atoms with E-state index in [1.807, 2.05) is 0 Å². The molecule has 8 heteroatoms. The van der Waals surface area contributed by atoms with Crippen molar-refractivity contribution in [1.29, 1.82) is 0 Å². The second-order valence-corrected chi connectivity index (χ2v) is 6.00. The highest BCUT2D eigenvalue weighted by atomic mass is 32.2. The molecule has 4 N–H and O–H groups in total. The third-order valence-corrected chi connectivity index (χ3v) is 4.25. The zero-order valence-corrected chi connectivity index (χ0v) is 11.6. The number of nitrogens with one attached hydrogen (secondary N) is 2. The fraction of sp³-hybridized carbons (Fsp3) is 0.167. The molecule has 0 saturated carbocycles. The Kier molecular flexibility index (Phi) is 3.86. The second-order valence-electron chi connectivity index (χ2n) is 4.23. The summed E-state index contributed by atoms with van der Waals surface area (Å²) in [5, 5.41) is 6.54. The first-order chi connectivity index (χ1) is 9.40. The molecule has 0 saturated heterocycles. The summed E-state index contributed by atoms with van der Waals surface area (Å²) in [7, 11) is -3.64. The van der Waals surface area contributed by atoms with E-state index in [4.69, 9.17) is 5.73 Å². The maximum Gasteiger partial charge on any atom is 0.248 e. The van der Waals surface area contributed by atoms with E-state index >= 15 is 0 Å². The topological polar surface area (TPSA) is 118 Å². The highest BCUT2D eigenvalue weighted by Gasteiger charge is 2.15. The first-order valence-corrected chi connectivity index (χ1v) is 7.27. The number of aromatic amines is 1. The SMILES string of the molecule is Cc1[nH]ncc1CNS(=O)(=O)c1ccc(C(N)=O)cc1. The third kappa shape index (κ3) is 3.03. The minimum absolute atomic E-state index is 0.0728. The summed E-state index contributed by atoms with van der Waals surface area (Å²) < 4.78 is 26.6. The van der Waals surface area contributed by atoms with Crippen LogP contribution in [0.2, 0.25) is 0 Å². The molecule has 1 aromatic carbocycles. The molecule has 2 aromatic rings. The lowest BCUT2D eigenvalue weighted by Crippen LogP contribution is -2.23. The maximum absolute atomic E-state index is 12.1. The predicted octanol–water partition coefficient (Wildman–Crippen LogP) is 0.296. The van der Waals surface area contributed by atoms with Gasteiger partial charge in [0.15, 0.2) is 0 Å². The van der Waals surface area contributed by atoms with Crippen LogP contribution in [0.5, 0.6) is 0 Å². The summed E-state index contributed by atoms with van der Waals surface area (Å²) >= 11 is 0. The molecule has 2 rings (SSSR count). The molecule has 1 heterocycles. The first-order valence-electron chi connectivity index (χ1n) is 5.78. The number of nitrogens with two attached hydrogens (primary N) is 1. The number of aromatic nitrogens is 2. The maximum atomic E-state index is 12.1. The summed E-state index contributed by atoms with van der Waals surface area (Å²) in [6.07, 6.45) is 1.56. The van der Waals surface area contributed by atoms with Gasteiger partial charge in [-0.05, 0) is 31.2 Å². The van der Waals surface area contributed by atoms with E-state index in [-0.39, 0.29) is 17.0 Å². The molecule has 106 valence electrons. The number of benzene rings is 1. The van der Waals surface area contributed by atoms with E-state index in [2.05, 4.69) is 14.9 Å². The molecule has 1 amide bonds. The summed E-state index contributed by atoms with van der Waals surface area (Å²) in [6, 6.07) is 5.43. The molecule has 0 spiro atoms. The van der Waals surface area contributed by atoms with Crippen LogP contribution < -0.4 is 10.5 Å². The van der Waals surface area contributed by atoms with E-state index in [0.717, 1.165) is 11.3 Å². The van der Waals surface area contributed by atoms with Crippen molar-refractivity contribution in [1.82, 2.24) is 14.9 Å². The zero-order chi connectivity index (χ0) is 14.8. The van der Waals surface area contributed by atoms with E-state index in [0.29, 0.717) is 0 Å². The Bertz CT molecular complexity index is 719.